The molecule has 10 rings (SSSR count). The molecule has 0 bridgehead atoms. The second-order valence-corrected chi connectivity index (χ2v) is 15.0. The Morgan fingerprint density at radius 1 is 0.290 bits per heavy atom. The first-order chi connectivity index (χ1) is 30.5. The molecule has 62 heavy (non-hydrogen) atoms. The van der Waals surface area contributed by atoms with Crippen LogP contribution in [0.25, 0.3) is 100 Å². The minimum absolute atomic E-state index is 0.460. The SMILES string of the molecule is N#Cc1ccc(-c2nc(-c3ccc(C#N)cc3)nc(-c3ccc(-c4ccc(-c5cccc(-c6ccc(-c7ccc8c(ccc9ccccc98)c7)cc6)c5)cc4C#N)cc3)n2)cc1. The summed E-state index contributed by atoms with van der Waals surface area (Å²) < 4.78 is 0. The Bertz CT molecular complexity index is 3380. The van der Waals surface area contributed by atoms with Gasteiger partial charge >= 0.3 is 0 Å². The van der Waals surface area contributed by atoms with Crippen molar-refractivity contribution in [2.45, 2.75) is 0 Å². The fourth-order valence-electron chi connectivity index (χ4n) is 7.94. The molecule has 0 spiro atoms. The summed E-state index contributed by atoms with van der Waals surface area (Å²) in [5.41, 5.74) is 12.2. The first kappa shape index (κ1) is 37.3. The average molecular weight is 789 g/mol. The topological polar surface area (TPSA) is 110 Å². The summed E-state index contributed by atoms with van der Waals surface area (Å²) in [5.74, 6) is 1.39. The molecule has 0 radical (unpaired) electrons. The van der Waals surface area contributed by atoms with Crippen LogP contribution in [0.2, 0.25) is 0 Å². The van der Waals surface area contributed by atoms with Crippen molar-refractivity contribution in [3.8, 4) is 96.9 Å². The molecule has 6 heteroatoms. The highest BCUT2D eigenvalue weighted by Crippen LogP contribution is 2.35. The van der Waals surface area contributed by atoms with Gasteiger partial charge in [-0.05, 0) is 133 Å². The molecule has 0 aliphatic heterocycles. The van der Waals surface area contributed by atoms with E-state index < -0.39 is 0 Å². The normalized spacial score (nSPS) is 10.9. The number of hydrogen-bond donors (Lipinski definition) is 0. The fraction of sp³-hybridized carbons (Fsp3) is 0. The molecule has 0 amide bonds. The average Bonchev–Trinajstić information content (AvgIpc) is 3.36. The van der Waals surface area contributed by atoms with Gasteiger partial charge in [-0.3, -0.25) is 0 Å². The summed E-state index contributed by atoms with van der Waals surface area (Å²) >= 11 is 0. The second kappa shape index (κ2) is 16.0. The van der Waals surface area contributed by atoms with Crippen molar-refractivity contribution >= 4 is 21.5 Å². The Labute approximate surface area is 358 Å². The first-order valence-corrected chi connectivity index (χ1v) is 20.1. The number of nitriles is 3. The maximum atomic E-state index is 10.4. The van der Waals surface area contributed by atoms with E-state index in [1.807, 2.05) is 60.7 Å². The standard InChI is InChI=1S/C56H32N6/c57-33-36-8-12-42(13-9-36)54-60-55(43-14-10-37(34-58)11-15-43)62-56(61-54)44-23-20-41(21-24-44)51-28-26-48(32-50(51)35-59)46-6-3-5-45(30-46)38-16-18-39(19-17-38)47-27-29-53-49(31-47)25-22-40-4-1-2-7-52(40)53/h1-32H. The number of nitrogens with zero attached hydrogens (tertiary/aromatic N) is 6. The third-order valence-electron chi connectivity index (χ3n) is 11.3. The fourth-order valence-corrected chi connectivity index (χ4v) is 7.94. The van der Waals surface area contributed by atoms with Gasteiger partial charge in [0.05, 0.1) is 34.9 Å². The molecule has 0 fully saturated rings. The maximum Gasteiger partial charge on any atom is 0.164 e. The van der Waals surface area contributed by atoms with Crippen LogP contribution in [0.3, 0.4) is 0 Å². The highest BCUT2D eigenvalue weighted by atomic mass is 15.0. The Kier molecular flexibility index (Phi) is 9.60. The quantitative estimate of drug-likeness (QED) is 0.149. The van der Waals surface area contributed by atoms with Crippen molar-refractivity contribution in [1.29, 1.82) is 15.8 Å². The highest BCUT2D eigenvalue weighted by molar-refractivity contribution is 6.08. The van der Waals surface area contributed by atoms with Crippen LogP contribution in [0.15, 0.2) is 194 Å². The lowest BCUT2D eigenvalue weighted by Crippen LogP contribution is -2.00. The highest BCUT2D eigenvalue weighted by Gasteiger charge is 2.15. The van der Waals surface area contributed by atoms with Crippen LogP contribution in [-0.4, -0.2) is 15.0 Å². The predicted octanol–water partition coefficient (Wildman–Crippen LogP) is 13.5. The molecule has 286 valence electrons. The van der Waals surface area contributed by atoms with Gasteiger partial charge in [0.2, 0.25) is 0 Å². The van der Waals surface area contributed by atoms with Crippen LogP contribution in [-0.2, 0) is 0 Å². The molecule has 0 unspecified atom stereocenters. The van der Waals surface area contributed by atoms with Gasteiger partial charge in [0.25, 0.3) is 0 Å². The first-order valence-electron chi connectivity index (χ1n) is 20.1. The van der Waals surface area contributed by atoms with E-state index in [4.69, 9.17) is 15.0 Å². The smallest absolute Gasteiger partial charge is 0.164 e. The summed E-state index contributed by atoms with van der Waals surface area (Å²) in [4.78, 5) is 14.4. The van der Waals surface area contributed by atoms with Gasteiger partial charge in [0.1, 0.15) is 0 Å². The van der Waals surface area contributed by atoms with Gasteiger partial charge in [0.15, 0.2) is 17.5 Å². The van der Waals surface area contributed by atoms with Crippen LogP contribution < -0.4 is 0 Å². The molecule has 1 aromatic heterocycles. The van der Waals surface area contributed by atoms with Crippen molar-refractivity contribution in [2.75, 3.05) is 0 Å². The van der Waals surface area contributed by atoms with Gasteiger partial charge in [-0.25, -0.2) is 15.0 Å². The lowest BCUT2D eigenvalue weighted by Gasteiger charge is -2.11. The monoisotopic (exact) mass is 788 g/mol. The molecular weight excluding hydrogens is 757 g/mol. The Hall–Kier alpha value is -9.02. The number of fused-ring (bicyclic) bond motifs is 3. The molecule has 1 heterocycles. The van der Waals surface area contributed by atoms with Crippen molar-refractivity contribution in [3.63, 3.8) is 0 Å². The van der Waals surface area contributed by atoms with Crippen molar-refractivity contribution in [2.24, 2.45) is 0 Å². The molecular formula is C56H32N6. The van der Waals surface area contributed by atoms with E-state index in [2.05, 4.69) is 127 Å². The Morgan fingerprint density at radius 3 is 1.31 bits per heavy atom. The van der Waals surface area contributed by atoms with Gasteiger partial charge in [-0.2, -0.15) is 15.8 Å². The van der Waals surface area contributed by atoms with Crippen molar-refractivity contribution < 1.29 is 0 Å². The van der Waals surface area contributed by atoms with Gasteiger partial charge in [-0.15, -0.1) is 0 Å². The molecule has 0 aliphatic carbocycles. The van der Waals surface area contributed by atoms with E-state index in [1.165, 1.54) is 27.1 Å². The second-order valence-electron chi connectivity index (χ2n) is 15.0. The van der Waals surface area contributed by atoms with Crippen molar-refractivity contribution in [1.82, 2.24) is 15.0 Å². The molecule has 0 aliphatic rings. The van der Waals surface area contributed by atoms with E-state index in [9.17, 15) is 15.8 Å². The minimum atomic E-state index is 0.460. The molecule has 6 nitrogen and oxygen atoms in total. The zero-order valence-corrected chi connectivity index (χ0v) is 33.2. The van der Waals surface area contributed by atoms with Gasteiger partial charge in [0, 0.05) is 16.7 Å². The summed E-state index contributed by atoms with van der Waals surface area (Å²) in [6.45, 7) is 0. The zero-order valence-electron chi connectivity index (χ0n) is 33.2. The number of rotatable bonds is 7. The molecule has 0 saturated heterocycles. The van der Waals surface area contributed by atoms with E-state index in [0.717, 1.165) is 55.6 Å². The molecule has 0 saturated carbocycles. The molecule has 0 N–H and O–H groups in total. The van der Waals surface area contributed by atoms with Crippen LogP contribution in [0.4, 0.5) is 0 Å². The van der Waals surface area contributed by atoms with Crippen LogP contribution >= 0.6 is 0 Å². The summed E-state index contributed by atoms with van der Waals surface area (Å²) in [5, 5.41) is 34.0. The van der Waals surface area contributed by atoms with E-state index in [1.54, 1.807) is 24.3 Å². The van der Waals surface area contributed by atoms with E-state index in [-0.39, 0.29) is 0 Å². The predicted molar refractivity (Wildman–Crippen MR) is 247 cm³/mol. The zero-order chi connectivity index (χ0) is 42.0. The van der Waals surface area contributed by atoms with Crippen molar-refractivity contribution in [3.05, 3.63) is 211 Å². The minimum Gasteiger partial charge on any atom is -0.208 e. The van der Waals surface area contributed by atoms with Gasteiger partial charge in [-0.1, -0.05) is 127 Å². The largest absolute Gasteiger partial charge is 0.208 e. The molecule has 9 aromatic carbocycles. The third kappa shape index (κ3) is 7.20. The Balaban J connectivity index is 0.912. The Morgan fingerprint density at radius 2 is 0.726 bits per heavy atom. The number of benzene rings is 9. The lowest BCUT2D eigenvalue weighted by molar-refractivity contribution is 1.07. The van der Waals surface area contributed by atoms with Crippen LogP contribution in [0.1, 0.15) is 16.7 Å². The van der Waals surface area contributed by atoms with E-state index >= 15 is 0 Å². The summed E-state index contributed by atoms with van der Waals surface area (Å²) in [7, 11) is 0. The molecule has 10 aromatic rings. The lowest BCUT2D eigenvalue weighted by atomic mass is 9.93. The number of aromatic nitrogens is 3. The molecule has 0 atom stereocenters. The maximum absolute atomic E-state index is 10.4. The van der Waals surface area contributed by atoms with Gasteiger partial charge < -0.3 is 0 Å². The number of hydrogen-bond acceptors (Lipinski definition) is 6. The van der Waals surface area contributed by atoms with Crippen LogP contribution in [0.5, 0.6) is 0 Å². The summed E-state index contributed by atoms with van der Waals surface area (Å²) in [6, 6.07) is 71.5. The van der Waals surface area contributed by atoms with E-state index in [0.29, 0.717) is 34.2 Å². The third-order valence-corrected chi connectivity index (χ3v) is 11.3. The van der Waals surface area contributed by atoms with Crippen LogP contribution in [0, 0.1) is 34.0 Å². The summed E-state index contributed by atoms with van der Waals surface area (Å²) in [6.07, 6.45) is 0.